The van der Waals surface area contributed by atoms with Gasteiger partial charge in [0.05, 0.1) is 17.2 Å². The van der Waals surface area contributed by atoms with E-state index in [2.05, 4.69) is 20.6 Å². The minimum absolute atomic E-state index is 0.239. The molecule has 2 heterocycles. The Balaban J connectivity index is 1.47. The molecule has 0 aliphatic heterocycles. The number of hydrogen-bond acceptors (Lipinski definition) is 6. The molecule has 2 aromatic carbocycles. The summed E-state index contributed by atoms with van der Waals surface area (Å²) in [7, 11) is 0. The van der Waals surface area contributed by atoms with Gasteiger partial charge in [-0.15, -0.1) is 0 Å². The van der Waals surface area contributed by atoms with Crippen LogP contribution in [0.4, 0.5) is 10.2 Å². The average molecular weight is 477 g/mol. The van der Waals surface area contributed by atoms with Crippen molar-refractivity contribution in [1.82, 2.24) is 15.3 Å². The monoisotopic (exact) mass is 476 g/mol. The molecule has 7 nitrogen and oxygen atoms in total. The van der Waals surface area contributed by atoms with Gasteiger partial charge in [0.15, 0.2) is 0 Å². The fourth-order valence-corrected chi connectivity index (χ4v) is 3.58. The van der Waals surface area contributed by atoms with Crippen molar-refractivity contribution in [2.75, 3.05) is 5.32 Å². The van der Waals surface area contributed by atoms with Gasteiger partial charge >= 0.3 is 0 Å². The molecular formula is C28H21FN6O. The molecule has 1 unspecified atom stereocenters. The molecule has 0 saturated heterocycles. The molecule has 0 radical (unpaired) electrons. The van der Waals surface area contributed by atoms with E-state index in [1.165, 1.54) is 24.4 Å². The second-order valence-electron chi connectivity index (χ2n) is 8.07. The third-order valence-corrected chi connectivity index (χ3v) is 5.60. The van der Waals surface area contributed by atoms with Gasteiger partial charge in [-0.1, -0.05) is 36.4 Å². The zero-order chi connectivity index (χ0) is 25.5. The number of rotatable bonds is 7. The van der Waals surface area contributed by atoms with E-state index in [9.17, 15) is 14.4 Å². The van der Waals surface area contributed by atoms with E-state index in [1.54, 1.807) is 31.3 Å². The van der Waals surface area contributed by atoms with Gasteiger partial charge in [-0.3, -0.25) is 4.79 Å². The van der Waals surface area contributed by atoms with Crippen molar-refractivity contribution in [3.8, 4) is 23.3 Å². The van der Waals surface area contributed by atoms with Crippen LogP contribution in [-0.4, -0.2) is 15.9 Å². The Bertz CT molecular complexity index is 1450. The Kier molecular flexibility index (Phi) is 7.28. The molecule has 2 aromatic heterocycles. The number of nitrogens with one attached hydrogen (secondary N) is 2. The van der Waals surface area contributed by atoms with E-state index in [0.717, 1.165) is 22.3 Å². The molecule has 0 spiro atoms. The van der Waals surface area contributed by atoms with Crippen molar-refractivity contribution < 1.29 is 9.18 Å². The standard InChI is InChI=1S/C28H21FN6O/c1-18(21-6-9-24(29)10-7-21)35-28(36)26-12-20(13-30)16-34-27(26)33-15-19-2-4-22(5-3-19)23-8-11-25(14-31)32-17-23/h2-12,16-18H,15H2,1H3,(H,33,34)(H,35,36). The number of nitriles is 2. The van der Waals surface area contributed by atoms with Crippen LogP contribution in [0.2, 0.25) is 0 Å². The summed E-state index contributed by atoms with van der Waals surface area (Å²) in [5, 5.41) is 24.2. The molecule has 8 heteroatoms. The Hall–Kier alpha value is -5.08. The lowest BCUT2D eigenvalue weighted by atomic mass is 10.1. The SMILES string of the molecule is CC(NC(=O)c1cc(C#N)cnc1NCc1ccc(-c2ccc(C#N)nc2)cc1)c1ccc(F)cc1. The number of nitrogens with zero attached hydrogens (tertiary/aromatic N) is 4. The second-order valence-corrected chi connectivity index (χ2v) is 8.07. The highest BCUT2D eigenvalue weighted by Gasteiger charge is 2.17. The number of pyridine rings is 2. The van der Waals surface area contributed by atoms with E-state index >= 15 is 0 Å². The Morgan fingerprint density at radius 1 is 0.944 bits per heavy atom. The number of amides is 1. The maximum absolute atomic E-state index is 13.2. The lowest BCUT2D eigenvalue weighted by Crippen LogP contribution is -2.28. The number of carbonyl (C=O) groups is 1. The topological polar surface area (TPSA) is 114 Å². The predicted octanol–water partition coefficient (Wildman–Crippen LogP) is 5.13. The van der Waals surface area contributed by atoms with Crippen molar-refractivity contribution in [2.24, 2.45) is 0 Å². The normalized spacial score (nSPS) is 11.1. The van der Waals surface area contributed by atoms with Crippen LogP contribution in [0.5, 0.6) is 0 Å². The quantitative estimate of drug-likeness (QED) is 0.382. The van der Waals surface area contributed by atoms with Gasteiger partial charge in [0, 0.05) is 24.5 Å². The van der Waals surface area contributed by atoms with Crippen LogP contribution in [-0.2, 0) is 6.54 Å². The van der Waals surface area contributed by atoms with Gasteiger partial charge in [0.1, 0.15) is 29.5 Å². The van der Waals surface area contributed by atoms with Gasteiger partial charge in [0.25, 0.3) is 5.91 Å². The summed E-state index contributed by atoms with van der Waals surface area (Å²) in [6.07, 6.45) is 3.06. The Labute approximate surface area is 207 Å². The van der Waals surface area contributed by atoms with Crippen molar-refractivity contribution in [3.63, 3.8) is 0 Å². The van der Waals surface area contributed by atoms with Crippen LogP contribution < -0.4 is 10.6 Å². The lowest BCUT2D eigenvalue weighted by molar-refractivity contribution is 0.0940. The molecule has 0 fully saturated rings. The Morgan fingerprint density at radius 2 is 1.67 bits per heavy atom. The summed E-state index contributed by atoms with van der Waals surface area (Å²) in [5.74, 6) is -0.406. The molecule has 0 bridgehead atoms. The van der Waals surface area contributed by atoms with Gasteiger partial charge in [-0.05, 0) is 53.9 Å². The smallest absolute Gasteiger partial charge is 0.255 e. The largest absolute Gasteiger partial charge is 0.365 e. The summed E-state index contributed by atoms with van der Waals surface area (Å²) in [5.41, 5.74) is 4.43. The van der Waals surface area contributed by atoms with E-state index in [-0.39, 0.29) is 23.0 Å². The number of carbonyl (C=O) groups excluding carboxylic acids is 1. The average Bonchev–Trinajstić information content (AvgIpc) is 2.92. The van der Waals surface area contributed by atoms with Crippen molar-refractivity contribution >= 4 is 11.7 Å². The van der Waals surface area contributed by atoms with Crippen LogP contribution in [0.15, 0.2) is 79.1 Å². The van der Waals surface area contributed by atoms with E-state index in [0.29, 0.717) is 18.1 Å². The highest BCUT2D eigenvalue weighted by Crippen LogP contribution is 2.21. The van der Waals surface area contributed by atoms with E-state index < -0.39 is 5.91 Å². The number of hydrogen-bond donors (Lipinski definition) is 2. The molecule has 4 aromatic rings. The van der Waals surface area contributed by atoms with Crippen LogP contribution in [0, 0.1) is 28.5 Å². The van der Waals surface area contributed by atoms with Gasteiger partial charge < -0.3 is 10.6 Å². The number of anilines is 1. The first-order valence-electron chi connectivity index (χ1n) is 11.1. The molecular weight excluding hydrogens is 455 g/mol. The van der Waals surface area contributed by atoms with Crippen LogP contribution >= 0.6 is 0 Å². The van der Waals surface area contributed by atoms with E-state index in [1.807, 2.05) is 42.5 Å². The summed E-state index contributed by atoms with van der Waals surface area (Å²) in [4.78, 5) is 21.4. The first-order valence-corrected chi connectivity index (χ1v) is 11.1. The molecule has 0 aliphatic carbocycles. The summed E-state index contributed by atoms with van der Waals surface area (Å²) >= 11 is 0. The first kappa shape index (κ1) is 24.1. The third-order valence-electron chi connectivity index (χ3n) is 5.60. The minimum Gasteiger partial charge on any atom is -0.365 e. The number of aromatic nitrogens is 2. The Morgan fingerprint density at radius 3 is 2.31 bits per heavy atom. The summed E-state index contributed by atoms with van der Waals surface area (Å²) in [6.45, 7) is 2.20. The molecule has 0 saturated carbocycles. The zero-order valence-electron chi connectivity index (χ0n) is 19.4. The molecule has 4 rings (SSSR count). The van der Waals surface area contributed by atoms with Crippen molar-refractivity contribution in [2.45, 2.75) is 19.5 Å². The number of halogens is 1. The molecule has 176 valence electrons. The predicted molar refractivity (Wildman–Crippen MR) is 133 cm³/mol. The fraction of sp³-hybridized carbons (Fsp3) is 0.107. The van der Waals surface area contributed by atoms with Gasteiger partial charge in [-0.2, -0.15) is 10.5 Å². The highest BCUT2D eigenvalue weighted by molar-refractivity contribution is 5.99. The highest BCUT2D eigenvalue weighted by atomic mass is 19.1. The second kappa shape index (κ2) is 10.9. The molecule has 2 N–H and O–H groups in total. The van der Waals surface area contributed by atoms with E-state index in [4.69, 9.17) is 5.26 Å². The minimum atomic E-state index is -0.400. The van der Waals surface area contributed by atoms with Crippen molar-refractivity contribution in [3.05, 3.63) is 113 Å². The van der Waals surface area contributed by atoms with Crippen LogP contribution in [0.3, 0.4) is 0 Å². The lowest BCUT2D eigenvalue weighted by Gasteiger charge is -2.16. The van der Waals surface area contributed by atoms with Crippen molar-refractivity contribution in [1.29, 1.82) is 10.5 Å². The zero-order valence-corrected chi connectivity index (χ0v) is 19.4. The molecule has 36 heavy (non-hydrogen) atoms. The maximum atomic E-state index is 13.2. The maximum Gasteiger partial charge on any atom is 0.255 e. The van der Waals surface area contributed by atoms with Gasteiger partial charge in [0.2, 0.25) is 0 Å². The molecule has 1 atom stereocenters. The first-order chi connectivity index (χ1) is 17.5. The fourth-order valence-electron chi connectivity index (χ4n) is 3.58. The summed E-state index contributed by atoms with van der Waals surface area (Å²) in [6, 6.07) is 22.3. The van der Waals surface area contributed by atoms with Crippen LogP contribution in [0.25, 0.3) is 11.1 Å². The molecule has 1 amide bonds. The third kappa shape index (κ3) is 5.69. The van der Waals surface area contributed by atoms with Crippen LogP contribution in [0.1, 0.15) is 45.7 Å². The molecule has 0 aliphatic rings. The summed E-state index contributed by atoms with van der Waals surface area (Å²) < 4.78 is 13.2. The number of benzene rings is 2. The van der Waals surface area contributed by atoms with Gasteiger partial charge in [-0.25, -0.2) is 14.4 Å².